The van der Waals surface area contributed by atoms with Crippen LogP contribution >= 0.6 is 0 Å². The molecule has 7 rings (SSSR count). The number of hydrogen-bond acceptors (Lipinski definition) is 7. The number of pyridine rings is 1. The fraction of sp³-hybridized carbons (Fsp3) is 0.476. The summed E-state index contributed by atoms with van der Waals surface area (Å²) in [7, 11) is 3.55. The van der Waals surface area contributed by atoms with Crippen molar-refractivity contribution >= 4 is 35.2 Å². The molecule has 3 N–H and O–H groups in total. The monoisotopic (exact) mass is 740 g/mol. The lowest BCUT2D eigenvalue weighted by atomic mass is 9.83. The Hall–Kier alpha value is -5.26. The third-order valence-corrected chi connectivity index (χ3v) is 9.59. The van der Waals surface area contributed by atoms with E-state index in [4.69, 9.17) is 4.74 Å². The summed E-state index contributed by atoms with van der Waals surface area (Å²) in [5.74, 6) is -0.597. The number of benzene rings is 2. The number of hydrogen-bond donors (Lipinski definition) is 3. The lowest BCUT2D eigenvalue weighted by Gasteiger charge is -2.27. The van der Waals surface area contributed by atoms with E-state index in [1.165, 1.54) is 6.20 Å². The molecule has 4 aliphatic rings. The van der Waals surface area contributed by atoms with Crippen LogP contribution in [0.1, 0.15) is 98.7 Å². The third-order valence-electron chi connectivity index (χ3n) is 9.59. The van der Waals surface area contributed by atoms with Crippen molar-refractivity contribution < 1.29 is 28.7 Å². The highest BCUT2D eigenvalue weighted by Crippen LogP contribution is 2.29. The molecule has 0 unspecified atom stereocenters. The molecule has 0 fully saturated rings. The van der Waals surface area contributed by atoms with Crippen LogP contribution in [0.25, 0.3) is 0 Å². The maximum Gasteiger partial charge on any atom is 0.270 e. The van der Waals surface area contributed by atoms with Crippen molar-refractivity contribution in [1.82, 2.24) is 25.4 Å². The Bertz CT molecular complexity index is 1770. The van der Waals surface area contributed by atoms with Crippen molar-refractivity contribution in [2.75, 3.05) is 39.1 Å². The van der Waals surface area contributed by atoms with Crippen molar-refractivity contribution in [2.24, 2.45) is 10.8 Å². The summed E-state index contributed by atoms with van der Waals surface area (Å²) in [4.78, 5) is 73.4. The Morgan fingerprint density at radius 1 is 0.815 bits per heavy atom. The molecule has 1 aromatic heterocycles. The van der Waals surface area contributed by atoms with Gasteiger partial charge in [0.2, 0.25) is 17.7 Å². The molecule has 290 valence electrons. The molecular formula is C42H56N6O6. The first-order valence-corrected chi connectivity index (χ1v) is 18.6. The number of ether oxygens (including phenoxy) is 1. The lowest BCUT2D eigenvalue weighted by Crippen LogP contribution is -2.45. The van der Waals surface area contributed by atoms with Crippen molar-refractivity contribution in [3.05, 3.63) is 89.2 Å². The Morgan fingerprint density at radius 3 is 2.11 bits per heavy atom. The van der Waals surface area contributed by atoms with E-state index in [1.807, 2.05) is 45.0 Å². The standard InChI is InChI=1S/C42H56N6O6/c1-41(2,3)26-35-40(53)45-32-13-11-29(12-14-32)19-22-47(6)36(49)17-20-42(4,5)21-18-37(50)48(7)23-24-54-33-15-16-34(43-28-33)39(52)44-27-30-9-8-10-31(25-30)38(51)46-35/h8-16,25,28,35H,17-24,26-27H2,1-7H3,(H,44,52)(H,45,53)(H,46,51)/t35-/m0/s1. The molecule has 1 atom stereocenters. The molecule has 0 saturated heterocycles. The van der Waals surface area contributed by atoms with Gasteiger partial charge in [0.1, 0.15) is 24.1 Å². The molecule has 6 bridgehead atoms. The smallest absolute Gasteiger partial charge is 0.270 e. The lowest BCUT2D eigenvalue weighted by molar-refractivity contribution is -0.131. The fourth-order valence-corrected chi connectivity index (χ4v) is 5.99. The van der Waals surface area contributed by atoms with Gasteiger partial charge in [-0.1, -0.05) is 58.9 Å². The minimum absolute atomic E-state index is 0.00310. The molecule has 12 nitrogen and oxygen atoms in total. The average Bonchev–Trinajstić information content (AvgIpc) is 3.13. The van der Waals surface area contributed by atoms with Crippen LogP contribution < -0.4 is 20.7 Å². The summed E-state index contributed by atoms with van der Waals surface area (Å²) in [5, 5.41) is 8.71. The van der Waals surface area contributed by atoms with Crippen molar-refractivity contribution in [2.45, 2.75) is 85.7 Å². The van der Waals surface area contributed by atoms with E-state index in [1.54, 1.807) is 60.3 Å². The van der Waals surface area contributed by atoms with Gasteiger partial charge in [-0.3, -0.25) is 24.0 Å². The summed E-state index contributed by atoms with van der Waals surface area (Å²) < 4.78 is 5.79. The number of likely N-dealkylation sites (N-methyl/N-ethyl adjacent to an activating group) is 2. The largest absolute Gasteiger partial charge is 0.490 e. The van der Waals surface area contributed by atoms with Gasteiger partial charge in [-0.2, -0.15) is 0 Å². The van der Waals surface area contributed by atoms with E-state index < -0.39 is 17.9 Å². The van der Waals surface area contributed by atoms with E-state index >= 15 is 0 Å². The first-order valence-electron chi connectivity index (χ1n) is 18.6. The highest BCUT2D eigenvalue weighted by molar-refractivity contribution is 6.01. The summed E-state index contributed by atoms with van der Waals surface area (Å²) in [5.41, 5.74) is 2.43. The highest BCUT2D eigenvalue weighted by Gasteiger charge is 2.28. The number of carbonyl (C=O) groups is 5. The van der Waals surface area contributed by atoms with Gasteiger partial charge in [-0.05, 0) is 84.0 Å². The zero-order valence-electron chi connectivity index (χ0n) is 32.8. The minimum atomic E-state index is -0.803. The van der Waals surface area contributed by atoms with E-state index in [2.05, 4.69) is 34.8 Å². The van der Waals surface area contributed by atoms with Crippen LogP contribution in [-0.4, -0.2) is 84.2 Å². The first-order chi connectivity index (χ1) is 25.5. The van der Waals surface area contributed by atoms with E-state index in [-0.39, 0.29) is 47.4 Å². The van der Waals surface area contributed by atoms with Crippen LogP contribution in [0.2, 0.25) is 0 Å². The number of aromatic nitrogens is 1. The fourth-order valence-electron chi connectivity index (χ4n) is 5.99. The molecule has 0 spiro atoms. The number of anilines is 1. The Morgan fingerprint density at radius 2 is 1.48 bits per heavy atom. The molecular weight excluding hydrogens is 684 g/mol. The van der Waals surface area contributed by atoms with E-state index in [0.29, 0.717) is 74.2 Å². The molecule has 3 aromatic rings. The molecule has 12 heteroatoms. The summed E-state index contributed by atoms with van der Waals surface area (Å²) in [6.45, 7) is 11.5. The van der Waals surface area contributed by atoms with Crippen LogP contribution in [0.5, 0.6) is 5.75 Å². The predicted molar refractivity (Wildman–Crippen MR) is 209 cm³/mol. The van der Waals surface area contributed by atoms with Gasteiger partial charge >= 0.3 is 0 Å². The van der Waals surface area contributed by atoms with Crippen LogP contribution in [0.4, 0.5) is 5.69 Å². The van der Waals surface area contributed by atoms with E-state index in [0.717, 1.165) is 5.56 Å². The predicted octanol–water partition coefficient (Wildman–Crippen LogP) is 5.62. The second kappa shape index (κ2) is 18.7. The van der Waals surface area contributed by atoms with Gasteiger partial charge < -0.3 is 30.5 Å². The molecule has 2 aromatic carbocycles. The first kappa shape index (κ1) is 41.5. The summed E-state index contributed by atoms with van der Waals surface area (Å²) >= 11 is 0. The van der Waals surface area contributed by atoms with E-state index in [9.17, 15) is 24.0 Å². The minimum Gasteiger partial charge on any atom is -0.490 e. The summed E-state index contributed by atoms with van der Waals surface area (Å²) in [6, 6.07) is 16.8. The maximum atomic E-state index is 13.5. The Balaban J connectivity index is 1.50. The van der Waals surface area contributed by atoms with Crippen LogP contribution in [-0.2, 0) is 27.3 Å². The highest BCUT2D eigenvalue weighted by atomic mass is 16.5. The van der Waals surface area contributed by atoms with Crippen molar-refractivity contribution in [1.29, 1.82) is 0 Å². The maximum absolute atomic E-state index is 13.5. The number of nitrogens with one attached hydrogen (secondary N) is 3. The Labute approximate surface area is 319 Å². The molecule has 4 aliphatic heterocycles. The van der Waals surface area contributed by atoms with Crippen molar-refractivity contribution in [3.63, 3.8) is 0 Å². The molecule has 0 saturated carbocycles. The number of carbonyl (C=O) groups excluding carboxylic acids is 5. The van der Waals surface area contributed by atoms with Gasteiger partial charge in [0, 0.05) is 51.3 Å². The van der Waals surface area contributed by atoms with Gasteiger partial charge in [0.05, 0.1) is 12.7 Å². The SMILES string of the molecule is CN1CCOc2ccc(nc2)C(=O)NCc2cccc(c2)C(=O)N[C@@H](CC(C)(C)C)C(=O)Nc2ccc(cc2)CCN(C)C(=O)CCC(C)(C)CCC1=O. The molecule has 0 radical (unpaired) electrons. The second-order valence-corrected chi connectivity index (χ2v) is 16.1. The third kappa shape index (κ3) is 13.3. The summed E-state index contributed by atoms with van der Waals surface area (Å²) in [6.07, 6.45) is 4.59. The topological polar surface area (TPSA) is 150 Å². The number of nitrogens with zero attached hydrogens (tertiary/aromatic N) is 3. The van der Waals surface area contributed by atoms with Gasteiger partial charge in [-0.15, -0.1) is 0 Å². The van der Waals surface area contributed by atoms with Gasteiger partial charge in [0.25, 0.3) is 11.8 Å². The van der Waals surface area contributed by atoms with Crippen molar-refractivity contribution in [3.8, 4) is 5.75 Å². The second-order valence-electron chi connectivity index (χ2n) is 16.1. The zero-order chi connectivity index (χ0) is 39.5. The van der Waals surface area contributed by atoms with Gasteiger partial charge in [0.15, 0.2) is 0 Å². The number of rotatable bonds is 1. The van der Waals surface area contributed by atoms with Crippen LogP contribution in [0.3, 0.4) is 0 Å². The normalized spacial score (nSPS) is 19.1. The Kier molecular flexibility index (Phi) is 14.3. The molecule has 54 heavy (non-hydrogen) atoms. The quantitative estimate of drug-likeness (QED) is 0.293. The number of amides is 5. The van der Waals surface area contributed by atoms with Crippen LogP contribution in [0.15, 0.2) is 66.9 Å². The van der Waals surface area contributed by atoms with Gasteiger partial charge in [-0.25, -0.2) is 4.98 Å². The average molecular weight is 741 g/mol. The molecule has 5 amide bonds. The molecule has 0 aliphatic carbocycles. The van der Waals surface area contributed by atoms with Crippen LogP contribution in [0, 0.1) is 10.8 Å². The molecule has 5 heterocycles. The zero-order valence-corrected chi connectivity index (χ0v) is 32.8.